The van der Waals surface area contributed by atoms with Crippen LogP contribution in [-0.2, 0) is 0 Å². The summed E-state index contributed by atoms with van der Waals surface area (Å²) < 4.78 is 0. The molecule has 23 heavy (non-hydrogen) atoms. The summed E-state index contributed by atoms with van der Waals surface area (Å²) in [6.07, 6.45) is 2.20. The highest BCUT2D eigenvalue weighted by Gasteiger charge is 2.24. The molecule has 0 radical (unpaired) electrons. The number of carbonyl (C=O) groups excluding carboxylic acids is 1. The molecule has 2 heterocycles. The molecule has 0 saturated carbocycles. The van der Waals surface area contributed by atoms with Gasteiger partial charge in [0.05, 0.1) is 10.7 Å². The van der Waals surface area contributed by atoms with Gasteiger partial charge in [0.25, 0.3) is 5.91 Å². The molecule has 0 spiro atoms. The van der Waals surface area contributed by atoms with Gasteiger partial charge < -0.3 is 10.2 Å². The van der Waals surface area contributed by atoms with Gasteiger partial charge in [-0.25, -0.2) is 4.98 Å². The van der Waals surface area contributed by atoms with Crippen molar-refractivity contribution in [2.45, 2.75) is 32.7 Å². The number of benzene rings is 1. The van der Waals surface area contributed by atoms with Crippen LogP contribution >= 0.6 is 11.3 Å². The molecule has 5 heteroatoms. The lowest BCUT2D eigenvalue weighted by Gasteiger charge is -2.32. The molecular formula is C18H23N3OS. The van der Waals surface area contributed by atoms with Gasteiger partial charge in [0.1, 0.15) is 4.88 Å². The molecule has 3 rings (SSSR count). The van der Waals surface area contributed by atoms with Crippen molar-refractivity contribution in [1.29, 1.82) is 0 Å². The van der Waals surface area contributed by atoms with Crippen molar-refractivity contribution >= 4 is 17.2 Å². The van der Waals surface area contributed by atoms with Crippen LogP contribution in [0.25, 0.3) is 11.3 Å². The first-order valence-corrected chi connectivity index (χ1v) is 9.05. The first-order chi connectivity index (χ1) is 11.2. The van der Waals surface area contributed by atoms with Crippen molar-refractivity contribution in [3.63, 3.8) is 0 Å². The maximum atomic E-state index is 12.8. The third kappa shape index (κ3) is 3.79. The van der Waals surface area contributed by atoms with Gasteiger partial charge in [0.2, 0.25) is 0 Å². The highest BCUT2D eigenvalue weighted by molar-refractivity contribution is 7.14. The SMILES string of the molecule is CCN1CCCC(NC(=O)c2sc(C)nc2-c2ccccc2)C1. The second kappa shape index (κ2) is 7.23. The van der Waals surface area contributed by atoms with E-state index in [1.54, 1.807) is 0 Å². The van der Waals surface area contributed by atoms with Crippen LogP contribution in [0.4, 0.5) is 0 Å². The fraction of sp³-hybridized carbons (Fsp3) is 0.444. The second-order valence-electron chi connectivity index (χ2n) is 5.98. The summed E-state index contributed by atoms with van der Waals surface area (Å²) in [5.74, 6) is 0.0115. The molecule has 1 saturated heterocycles. The van der Waals surface area contributed by atoms with Crippen molar-refractivity contribution in [2.24, 2.45) is 0 Å². The van der Waals surface area contributed by atoms with Gasteiger partial charge in [-0.3, -0.25) is 4.79 Å². The number of carbonyl (C=O) groups is 1. The maximum absolute atomic E-state index is 12.8. The molecule has 1 N–H and O–H groups in total. The molecule has 1 amide bonds. The van der Waals surface area contributed by atoms with E-state index in [-0.39, 0.29) is 11.9 Å². The number of hydrogen-bond donors (Lipinski definition) is 1. The summed E-state index contributed by atoms with van der Waals surface area (Å²) in [5.41, 5.74) is 1.80. The van der Waals surface area contributed by atoms with Crippen molar-refractivity contribution in [2.75, 3.05) is 19.6 Å². The van der Waals surface area contributed by atoms with Crippen LogP contribution in [-0.4, -0.2) is 41.5 Å². The number of aryl methyl sites for hydroxylation is 1. The average Bonchev–Trinajstić information content (AvgIpc) is 2.98. The highest BCUT2D eigenvalue weighted by Crippen LogP contribution is 2.28. The minimum Gasteiger partial charge on any atom is -0.347 e. The lowest BCUT2D eigenvalue weighted by Crippen LogP contribution is -2.47. The summed E-state index contributed by atoms with van der Waals surface area (Å²) in [6.45, 7) is 7.25. The lowest BCUT2D eigenvalue weighted by molar-refractivity contribution is 0.0910. The molecular weight excluding hydrogens is 306 g/mol. The minimum atomic E-state index is 0.0115. The van der Waals surface area contributed by atoms with Gasteiger partial charge in [-0.15, -0.1) is 11.3 Å². The quantitative estimate of drug-likeness (QED) is 0.936. The van der Waals surface area contributed by atoms with Crippen molar-refractivity contribution in [3.05, 3.63) is 40.2 Å². The van der Waals surface area contributed by atoms with Crippen molar-refractivity contribution < 1.29 is 4.79 Å². The Morgan fingerprint density at radius 3 is 2.91 bits per heavy atom. The monoisotopic (exact) mass is 329 g/mol. The highest BCUT2D eigenvalue weighted by atomic mass is 32.1. The number of aromatic nitrogens is 1. The van der Waals surface area contributed by atoms with E-state index >= 15 is 0 Å². The maximum Gasteiger partial charge on any atom is 0.263 e. The van der Waals surface area contributed by atoms with E-state index in [4.69, 9.17) is 0 Å². The Morgan fingerprint density at radius 1 is 1.39 bits per heavy atom. The van der Waals surface area contributed by atoms with Crippen LogP contribution in [0.2, 0.25) is 0 Å². The van der Waals surface area contributed by atoms with Crippen molar-refractivity contribution in [3.8, 4) is 11.3 Å². The van der Waals surface area contributed by atoms with E-state index in [0.717, 1.165) is 53.6 Å². The lowest BCUT2D eigenvalue weighted by atomic mass is 10.1. The zero-order valence-corrected chi connectivity index (χ0v) is 14.5. The fourth-order valence-electron chi connectivity index (χ4n) is 3.08. The number of nitrogens with zero attached hydrogens (tertiary/aromatic N) is 2. The summed E-state index contributed by atoms with van der Waals surface area (Å²) in [4.78, 5) is 20.4. The topological polar surface area (TPSA) is 45.2 Å². The van der Waals surface area contributed by atoms with Crippen LogP contribution in [0.15, 0.2) is 30.3 Å². The van der Waals surface area contributed by atoms with Gasteiger partial charge >= 0.3 is 0 Å². The third-order valence-corrected chi connectivity index (χ3v) is 5.25. The molecule has 122 valence electrons. The number of thiazole rings is 1. The number of piperidine rings is 1. The minimum absolute atomic E-state index is 0.0115. The first-order valence-electron chi connectivity index (χ1n) is 8.23. The third-order valence-electron chi connectivity index (χ3n) is 4.28. The smallest absolute Gasteiger partial charge is 0.263 e. The Balaban J connectivity index is 1.78. The summed E-state index contributed by atoms with van der Waals surface area (Å²) in [7, 11) is 0. The summed E-state index contributed by atoms with van der Waals surface area (Å²) in [6, 6.07) is 10.2. The fourth-order valence-corrected chi connectivity index (χ4v) is 3.93. The first kappa shape index (κ1) is 16.1. The Kier molecular flexibility index (Phi) is 5.08. The molecule has 1 atom stereocenters. The predicted octanol–water partition coefficient (Wildman–Crippen LogP) is 3.33. The molecule has 1 aromatic carbocycles. The van der Waals surface area contributed by atoms with E-state index in [1.807, 2.05) is 37.3 Å². The number of likely N-dealkylation sites (tertiary alicyclic amines) is 1. The zero-order valence-electron chi connectivity index (χ0n) is 13.7. The predicted molar refractivity (Wildman–Crippen MR) is 94.9 cm³/mol. The van der Waals surface area contributed by atoms with E-state index in [0.29, 0.717) is 0 Å². The number of likely N-dealkylation sites (N-methyl/N-ethyl adjacent to an activating group) is 1. The number of hydrogen-bond acceptors (Lipinski definition) is 4. The normalized spacial score (nSPS) is 18.8. The summed E-state index contributed by atoms with van der Waals surface area (Å²) >= 11 is 1.48. The van der Waals surface area contributed by atoms with Crippen LogP contribution in [0.1, 0.15) is 34.4 Å². The molecule has 0 bridgehead atoms. The molecule has 0 aliphatic carbocycles. The number of rotatable bonds is 4. The van der Waals surface area contributed by atoms with Crippen LogP contribution in [0, 0.1) is 6.92 Å². The van der Waals surface area contributed by atoms with Gasteiger partial charge in [-0.2, -0.15) is 0 Å². The Labute approximate surface area is 141 Å². The average molecular weight is 329 g/mol. The van der Waals surface area contributed by atoms with E-state index in [9.17, 15) is 4.79 Å². The van der Waals surface area contributed by atoms with E-state index < -0.39 is 0 Å². The Morgan fingerprint density at radius 2 is 2.17 bits per heavy atom. The Hall–Kier alpha value is -1.72. The standard InChI is InChI=1S/C18H23N3OS/c1-3-21-11-7-10-15(12-21)20-18(22)17-16(19-13(2)23-17)14-8-5-4-6-9-14/h4-6,8-9,15H,3,7,10-12H2,1-2H3,(H,20,22). The van der Waals surface area contributed by atoms with Gasteiger partial charge in [0, 0.05) is 18.2 Å². The molecule has 4 nitrogen and oxygen atoms in total. The number of nitrogens with one attached hydrogen (secondary N) is 1. The molecule has 1 aliphatic rings. The van der Waals surface area contributed by atoms with Crippen LogP contribution < -0.4 is 5.32 Å². The molecule has 2 aromatic rings. The zero-order chi connectivity index (χ0) is 16.2. The Bertz CT molecular complexity index is 668. The van der Waals surface area contributed by atoms with E-state index in [2.05, 4.69) is 22.1 Å². The second-order valence-corrected chi connectivity index (χ2v) is 7.19. The van der Waals surface area contributed by atoms with Crippen LogP contribution in [0.3, 0.4) is 0 Å². The van der Waals surface area contributed by atoms with E-state index in [1.165, 1.54) is 11.3 Å². The molecule has 1 aromatic heterocycles. The van der Waals surface area contributed by atoms with Gasteiger partial charge in [-0.05, 0) is 32.9 Å². The molecule has 1 unspecified atom stereocenters. The van der Waals surface area contributed by atoms with Gasteiger partial charge in [0.15, 0.2) is 0 Å². The number of amides is 1. The van der Waals surface area contributed by atoms with Crippen molar-refractivity contribution in [1.82, 2.24) is 15.2 Å². The molecule has 1 fully saturated rings. The largest absolute Gasteiger partial charge is 0.347 e. The summed E-state index contributed by atoms with van der Waals surface area (Å²) in [5, 5.41) is 4.14. The van der Waals surface area contributed by atoms with Crippen LogP contribution in [0.5, 0.6) is 0 Å². The van der Waals surface area contributed by atoms with Gasteiger partial charge in [-0.1, -0.05) is 37.3 Å². The molecule has 1 aliphatic heterocycles.